The summed E-state index contributed by atoms with van der Waals surface area (Å²) in [7, 11) is 5.75. The first-order valence-corrected chi connectivity index (χ1v) is 7.29. The lowest BCUT2D eigenvalue weighted by molar-refractivity contribution is 0.0827. The van der Waals surface area contributed by atoms with E-state index in [1.807, 2.05) is 18.2 Å². The highest BCUT2D eigenvalue weighted by atomic mass is 16.2. The molecule has 1 amide bonds. The Balaban J connectivity index is 2.01. The molecule has 1 saturated heterocycles. The van der Waals surface area contributed by atoms with Crippen LogP contribution in [0.4, 0.5) is 0 Å². The Bertz CT molecular complexity index is 453. The molecule has 0 bridgehead atoms. The van der Waals surface area contributed by atoms with Crippen LogP contribution in [0.25, 0.3) is 0 Å². The van der Waals surface area contributed by atoms with Crippen molar-refractivity contribution in [1.29, 1.82) is 0 Å². The molecule has 0 saturated carbocycles. The number of rotatable bonds is 4. The van der Waals surface area contributed by atoms with Crippen molar-refractivity contribution in [2.75, 3.05) is 34.2 Å². The molecule has 4 nitrogen and oxygen atoms in total. The molecule has 1 aromatic rings. The highest BCUT2D eigenvalue weighted by molar-refractivity contribution is 5.94. The Labute approximate surface area is 121 Å². The second-order valence-electron chi connectivity index (χ2n) is 5.80. The molecule has 1 heterocycles. The number of piperidine rings is 1. The predicted octanol–water partition coefficient (Wildman–Crippen LogP) is 1.57. The molecule has 0 aliphatic carbocycles. The lowest BCUT2D eigenvalue weighted by Crippen LogP contribution is -2.40. The van der Waals surface area contributed by atoms with Gasteiger partial charge in [-0.3, -0.25) is 9.69 Å². The monoisotopic (exact) mass is 275 g/mol. The molecule has 0 atom stereocenters. The topological polar surface area (TPSA) is 35.6 Å². The average molecular weight is 275 g/mol. The maximum Gasteiger partial charge on any atom is 0.253 e. The van der Waals surface area contributed by atoms with E-state index in [0.717, 1.165) is 25.2 Å². The number of carbonyl (C=O) groups excluding carboxylic acids is 1. The second kappa shape index (κ2) is 6.86. The summed E-state index contributed by atoms with van der Waals surface area (Å²) in [5.74, 6) is 0.0661. The van der Waals surface area contributed by atoms with E-state index in [2.05, 4.69) is 23.3 Å². The highest BCUT2D eigenvalue weighted by Crippen LogP contribution is 2.15. The average Bonchev–Trinajstić information content (AvgIpc) is 2.47. The number of amides is 1. The minimum Gasteiger partial charge on any atom is -0.345 e. The first kappa shape index (κ1) is 15.0. The first-order valence-electron chi connectivity index (χ1n) is 7.29. The summed E-state index contributed by atoms with van der Waals surface area (Å²) < 4.78 is 0. The van der Waals surface area contributed by atoms with Gasteiger partial charge in [0.05, 0.1) is 0 Å². The molecular formula is C16H25N3O. The van der Waals surface area contributed by atoms with Crippen LogP contribution in [0, 0.1) is 0 Å². The molecular weight excluding hydrogens is 250 g/mol. The second-order valence-corrected chi connectivity index (χ2v) is 5.80. The van der Waals surface area contributed by atoms with Gasteiger partial charge < -0.3 is 10.2 Å². The summed E-state index contributed by atoms with van der Waals surface area (Å²) in [5, 5.41) is 3.39. The van der Waals surface area contributed by atoms with E-state index in [9.17, 15) is 4.79 Å². The predicted molar refractivity (Wildman–Crippen MR) is 81.8 cm³/mol. The molecule has 0 radical (unpaired) electrons. The fraction of sp³-hybridized carbons (Fsp3) is 0.562. The van der Waals surface area contributed by atoms with Crippen LogP contribution in [0.15, 0.2) is 24.3 Å². The van der Waals surface area contributed by atoms with Crippen molar-refractivity contribution in [1.82, 2.24) is 15.1 Å². The fourth-order valence-corrected chi connectivity index (χ4v) is 2.73. The summed E-state index contributed by atoms with van der Waals surface area (Å²) in [4.78, 5) is 16.0. The molecule has 2 rings (SSSR count). The van der Waals surface area contributed by atoms with Crippen molar-refractivity contribution in [3.8, 4) is 0 Å². The summed E-state index contributed by atoms with van der Waals surface area (Å²) in [6.45, 7) is 3.11. The highest BCUT2D eigenvalue weighted by Gasteiger charge is 2.18. The molecule has 0 unspecified atom stereocenters. The van der Waals surface area contributed by atoms with E-state index in [-0.39, 0.29) is 5.91 Å². The van der Waals surface area contributed by atoms with Crippen LogP contribution in [0.1, 0.15) is 28.8 Å². The van der Waals surface area contributed by atoms with Crippen molar-refractivity contribution in [2.24, 2.45) is 0 Å². The van der Waals surface area contributed by atoms with Gasteiger partial charge in [-0.1, -0.05) is 12.1 Å². The van der Waals surface area contributed by atoms with Crippen molar-refractivity contribution >= 4 is 5.91 Å². The van der Waals surface area contributed by atoms with E-state index in [0.29, 0.717) is 6.04 Å². The van der Waals surface area contributed by atoms with Gasteiger partial charge in [0.15, 0.2) is 0 Å². The molecule has 4 heteroatoms. The van der Waals surface area contributed by atoms with Crippen LogP contribution < -0.4 is 5.32 Å². The zero-order valence-corrected chi connectivity index (χ0v) is 12.7. The minimum atomic E-state index is 0.0661. The van der Waals surface area contributed by atoms with E-state index in [4.69, 9.17) is 0 Å². The Morgan fingerprint density at radius 2 is 1.95 bits per heavy atom. The Morgan fingerprint density at radius 1 is 1.25 bits per heavy atom. The standard InChI is InChI=1S/C16H25N3O/c1-18(2)16(20)14-6-4-5-13(11-14)12-19(3)15-7-9-17-10-8-15/h4-6,11,15,17H,7-10,12H2,1-3H3. The Morgan fingerprint density at radius 3 is 2.60 bits per heavy atom. The third-order valence-electron chi connectivity index (χ3n) is 3.94. The van der Waals surface area contributed by atoms with Crippen LogP contribution in [-0.4, -0.2) is 56.0 Å². The quantitative estimate of drug-likeness (QED) is 0.906. The van der Waals surface area contributed by atoms with Crippen LogP contribution in [0.3, 0.4) is 0 Å². The van der Waals surface area contributed by atoms with E-state index >= 15 is 0 Å². The number of carbonyl (C=O) groups is 1. The Kier molecular flexibility index (Phi) is 5.15. The summed E-state index contributed by atoms with van der Waals surface area (Å²) in [6, 6.07) is 8.62. The third-order valence-corrected chi connectivity index (χ3v) is 3.94. The zero-order valence-electron chi connectivity index (χ0n) is 12.7. The van der Waals surface area contributed by atoms with Crippen LogP contribution >= 0.6 is 0 Å². The molecule has 0 aromatic heterocycles. The van der Waals surface area contributed by atoms with E-state index in [1.165, 1.54) is 18.4 Å². The maximum absolute atomic E-state index is 12.0. The third kappa shape index (κ3) is 3.81. The van der Waals surface area contributed by atoms with E-state index < -0.39 is 0 Å². The lowest BCUT2D eigenvalue weighted by atomic mass is 10.0. The maximum atomic E-state index is 12.0. The molecule has 1 aromatic carbocycles. The van der Waals surface area contributed by atoms with Gasteiger partial charge in [0.1, 0.15) is 0 Å². The molecule has 1 fully saturated rings. The van der Waals surface area contributed by atoms with Gasteiger partial charge in [0.2, 0.25) is 0 Å². The number of nitrogens with one attached hydrogen (secondary N) is 1. The molecule has 20 heavy (non-hydrogen) atoms. The number of hydrogen-bond acceptors (Lipinski definition) is 3. The van der Waals surface area contributed by atoms with Gasteiger partial charge in [-0.05, 0) is 50.7 Å². The van der Waals surface area contributed by atoms with Gasteiger partial charge in [-0.2, -0.15) is 0 Å². The molecule has 110 valence electrons. The van der Waals surface area contributed by atoms with Gasteiger partial charge in [-0.15, -0.1) is 0 Å². The van der Waals surface area contributed by atoms with Gasteiger partial charge in [0, 0.05) is 32.2 Å². The van der Waals surface area contributed by atoms with Crippen LogP contribution in [0.2, 0.25) is 0 Å². The first-order chi connectivity index (χ1) is 9.58. The van der Waals surface area contributed by atoms with Crippen molar-refractivity contribution in [3.63, 3.8) is 0 Å². The summed E-state index contributed by atoms with van der Waals surface area (Å²) >= 11 is 0. The van der Waals surface area contributed by atoms with Crippen LogP contribution in [0.5, 0.6) is 0 Å². The number of benzene rings is 1. The van der Waals surface area contributed by atoms with Gasteiger partial charge in [0.25, 0.3) is 5.91 Å². The molecule has 1 aliphatic heterocycles. The zero-order chi connectivity index (χ0) is 14.5. The lowest BCUT2D eigenvalue weighted by Gasteiger charge is -2.31. The van der Waals surface area contributed by atoms with E-state index in [1.54, 1.807) is 19.0 Å². The van der Waals surface area contributed by atoms with Gasteiger partial charge >= 0.3 is 0 Å². The molecule has 1 aliphatic rings. The minimum absolute atomic E-state index is 0.0661. The summed E-state index contributed by atoms with van der Waals surface area (Å²) in [5.41, 5.74) is 1.98. The normalized spacial score (nSPS) is 16.4. The molecule has 1 N–H and O–H groups in total. The molecule has 0 spiro atoms. The van der Waals surface area contributed by atoms with Crippen molar-refractivity contribution in [2.45, 2.75) is 25.4 Å². The largest absolute Gasteiger partial charge is 0.345 e. The summed E-state index contributed by atoms with van der Waals surface area (Å²) in [6.07, 6.45) is 2.40. The SMILES string of the molecule is CN(C)C(=O)c1cccc(CN(C)C2CCNCC2)c1. The number of hydrogen-bond donors (Lipinski definition) is 1. The smallest absolute Gasteiger partial charge is 0.253 e. The van der Waals surface area contributed by atoms with Crippen LogP contribution in [-0.2, 0) is 6.54 Å². The van der Waals surface area contributed by atoms with Crippen molar-refractivity contribution < 1.29 is 4.79 Å². The number of nitrogens with zero attached hydrogens (tertiary/aromatic N) is 2. The van der Waals surface area contributed by atoms with Crippen molar-refractivity contribution in [3.05, 3.63) is 35.4 Å². The van der Waals surface area contributed by atoms with Gasteiger partial charge in [-0.25, -0.2) is 0 Å². The fourth-order valence-electron chi connectivity index (χ4n) is 2.73. The Hall–Kier alpha value is -1.39.